The number of carbonyl (C=O) groups excluding carboxylic acids is 1. The van der Waals surface area contributed by atoms with Crippen molar-refractivity contribution < 1.29 is 22.7 Å². The van der Waals surface area contributed by atoms with Crippen molar-refractivity contribution >= 4 is 15.9 Å². The standard InChI is InChI=1S/C20H24N2O5S/c1-22(15-16-6-3-2-4-7-16)20(23)10-11-21-28(24,25)17-8-9-18-19(14-17)27-13-5-12-26-18/h2-4,6-9,14,21H,5,10-13,15H2,1H3. The summed E-state index contributed by atoms with van der Waals surface area (Å²) in [6.07, 6.45) is 0.820. The maximum absolute atomic E-state index is 12.5. The molecule has 0 saturated heterocycles. The van der Waals surface area contributed by atoms with Crippen LogP contribution in [-0.4, -0.2) is 46.0 Å². The lowest BCUT2D eigenvalue weighted by atomic mass is 10.2. The van der Waals surface area contributed by atoms with Crippen LogP contribution in [0, 0.1) is 0 Å². The number of rotatable bonds is 7. The lowest BCUT2D eigenvalue weighted by molar-refractivity contribution is -0.130. The summed E-state index contributed by atoms with van der Waals surface area (Å²) in [5, 5.41) is 0. The fraction of sp³-hybridized carbons (Fsp3) is 0.350. The molecule has 2 aromatic carbocycles. The van der Waals surface area contributed by atoms with Crippen LogP contribution in [0.15, 0.2) is 53.4 Å². The first kappa shape index (κ1) is 20.2. The zero-order chi connectivity index (χ0) is 20.0. The van der Waals surface area contributed by atoms with Crippen LogP contribution in [0.3, 0.4) is 0 Å². The normalized spacial score (nSPS) is 13.6. The highest BCUT2D eigenvalue weighted by Gasteiger charge is 2.19. The summed E-state index contributed by atoms with van der Waals surface area (Å²) in [6.45, 7) is 1.52. The third-order valence-electron chi connectivity index (χ3n) is 4.35. The van der Waals surface area contributed by atoms with Crippen LogP contribution < -0.4 is 14.2 Å². The van der Waals surface area contributed by atoms with E-state index in [0.717, 1.165) is 12.0 Å². The van der Waals surface area contributed by atoms with Crippen molar-refractivity contribution in [3.05, 3.63) is 54.1 Å². The number of carbonyl (C=O) groups is 1. The molecule has 1 aliphatic rings. The van der Waals surface area contributed by atoms with Crippen molar-refractivity contribution in [3.8, 4) is 11.5 Å². The van der Waals surface area contributed by atoms with Crippen molar-refractivity contribution in [1.82, 2.24) is 9.62 Å². The lowest BCUT2D eigenvalue weighted by Gasteiger charge is -2.17. The van der Waals surface area contributed by atoms with Gasteiger partial charge in [0.25, 0.3) is 0 Å². The van der Waals surface area contributed by atoms with Crippen molar-refractivity contribution in [3.63, 3.8) is 0 Å². The fourth-order valence-electron chi connectivity index (χ4n) is 2.82. The monoisotopic (exact) mass is 404 g/mol. The summed E-state index contributed by atoms with van der Waals surface area (Å²) < 4.78 is 38.6. The van der Waals surface area contributed by atoms with Gasteiger partial charge < -0.3 is 14.4 Å². The Hall–Kier alpha value is -2.58. The van der Waals surface area contributed by atoms with Crippen molar-refractivity contribution in [2.75, 3.05) is 26.8 Å². The minimum atomic E-state index is -3.74. The predicted octanol–water partition coefficient (Wildman–Crippen LogP) is 2.17. The molecule has 0 radical (unpaired) electrons. The van der Waals surface area contributed by atoms with Gasteiger partial charge in [0.1, 0.15) is 0 Å². The highest BCUT2D eigenvalue weighted by Crippen LogP contribution is 2.31. The fourth-order valence-corrected chi connectivity index (χ4v) is 3.87. The average Bonchev–Trinajstić information content (AvgIpc) is 2.93. The Morgan fingerprint density at radius 2 is 1.79 bits per heavy atom. The molecule has 150 valence electrons. The number of hydrogen-bond donors (Lipinski definition) is 1. The Bertz CT molecular complexity index is 915. The van der Waals surface area contributed by atoms with Gasteiger partial charge in [-0.15, -0.1) is 0 Å². The lowest BCUT2D eigenvalue weighted by Crippen LogP contribution is -2.32. The van der Waals surface area contributed by atoms with E-state index in [9.17, 15) is 13.2 Å². The third-order valence-corrected chi connectivity index (χ3v) is 5.81. The molecule has 7 nitrogen and oxygen atoms in total. The van der Waals surface area contributed by atoms with Crippen LogP contribution in [0.4, 0.5) is 0 Å². The topological polar surface area (TPSA) is 84.9 Å². The van der Waals surface area contributed by atoms with E-state index in [1.54, 1.807) is 18.0 Å². The SMILES string of the molecule is CN(Cc1ccccc1)C(=O)CCNS(=O)(=O)c1ccc2c(c1)OCCCO2. The summed E-state index contributed by atoms with van der Waals surface area (Å²) in [5.74, 6) is 0.818. The Balaban J connectivity index is 1.55. The largest absolute Gasteiger partial charge is 0.490 e. The molecule has 0 aliphatic carbocycles. The number of fused-ring (bicyclic) bond motifs is 1. The maximum atomic E-state index is 12.5. The highest BCUT2D eigenvalue weighted by atomic mass is 32.2. The maximum Gasteiger partial charge on any atom is 0.240 e. The van der Waals surface area contributed by atoms with E-state index in [-0.39, 0.29) is 23.8 Å². The van der Waals surface area contributed by atoms with Gasteiger partial charge in [-0.05, 0) is 17.7 Å². The van der Waals surface area contributed by atoms with Gasteiger partial charge in [0.2, 0.25) is 15.9 Å². The number of benzene rings is 2. The van der Waals surface area contributed by atoms with Crippen LogP contribution in [-0.2, 0) is 21.4 Å². The van der Waals surface area contributed by atoms with Crippen LogP contribution in [0.5, 0.6) is 11.5 Å². The van der Waals surface area contributed by atoms with E-state index in [1.807, 2.05) is 30.3 Å². The summed E-state index contributed by atoms with van der Waals surface area (Å²) in [5.41, 5.74) is 1.02. The number of ether oxygens (including phenoxy) is 2. The van der Waals surface area contributed by atoms with Gasteiger partial charge in [-0.1, -0.05) is 30.3 Å². The highest BCUT2D eigenvalue weighted by molar-refractivity contribution is 7.89. The van der Waals surface area contributed by atoms with E-state index in [4.69, 9.17) is 9.47 Å². The molecule has 0 unspecified atom stereocenters. The Morgan fingerprint density at radius 1 is 1.07 bits per heavy atom. The summed E-state index contributed by atoms with van der Waals surface area (Å²) >= 11 is 0. The predicted molar refractivity (Wildman–Crippen MR) is 105 cm³/mol. The van der Waals surface area contributed by atoms with Crippen LogP contribution in [0.2, 0.25) is 0 Å². The number of hydrogen-bond acceptors (Lipinski definition) is 5. The van der Waals surface area contributed by atoms with Crippen molar-refractivity contribution in [2.45, 2.75) is 24.3 Å². The van der Waals surface area contributed by atoms with E-state index >= 15 is 0 Å². The molecule has 3 rings (SSSR count). The van der Waals surface area contributed by atoms with Crippen molar-refractivity contribution in [2.24, 2.45) is 0 Å². The first-order valence-electron chi connectivity index (χ1n) is 9.13. The molecule has 0 fully saturated rings. The van der Waals surface area contributed by atoms with E-state index in [1.165, 1.54) is 12.1 Å². The smallest absolute Gasteiger partial charge is 0.240 e. The zero-order valence-corrected chi connectivity index (χ0v) is 16.6. The van der Waals surface area contributed by atoms with Gasteiger partial charge in [0, 0.05) is 39.0 Å². The molecule has 1 heterocycles. The minimum absolute atomic E-state index is 0.0226. The molecule has 1 aliphatic heterocycles. The molecule has 0 atom stereocenters. The van der Waals surface area contributed by atoms with Gasteiger partial charge in [0.05, 0.1) is 18.1 Å². The van der Waals surface area contributed by atoms with Gasteiger partial charge in [-0.25, -0.2) is 13.1 Å². The van der Waals surface area contributed by atoms with E-state index in [0.29, 0.717) is 31.3 Å². The second-order valence-corrected chi connectivity index (χ2v) is 8.31. The van der Waals surface area contributed by atoms with Gasteiger partial charge in [0.15, 0.2) is 11.5 Å². The molecular weight excluding hydrogens is 380 g/mol. The summed E-state index contributed by atoms with van der Waals surface area (Å²) in [7, 11) is -2.04. The first-order chi connectivity index (χ1) is 13.5. The quantitative estimate of drug-likeness (QED) is 0.765. The van der Waals surface area contributed by atoms with Gasteiger partial charge in [-0.2, -0.15) is 0 Å². The van der Waals surface area contributed by atoms with Gasteiger partial charge in [-0.3, -0.25) is 4.79 Å². The molecule has 2 aromatic rings. The van der Waals surface area contributed by atoms with Gasteiger partial charge >= 0.3 is 0 Å². The second-order valence-electron chi connectivity index (χ2n) is 6.54. The number of nitrogens with zero attached hydrogens (tertiary/aromatic N) is 1. The molecule has 0 saturated carbocycles. The number of nitrogens with one attached hydrogen (secondary N) is 1. The summed E-state index contributed by atoms with van der Waals surface area (Å²) in [4.78, 5) is 13.9. The molecule has 1 N–H and O–H groups in total. The Labute approximate surface area is 165 Å². The molecule has 0 spiro atoms. The summed E-state index contributed by atoms with van der Waals surface area (Å²) in [6, 6.07) is 14.1. The molecule has 0 aromatic heterocycles. The number of sulfonamides is 1. The first-order valence-corrected chi connectivity index (χ1v) is 10.6. The Kier molecular flexibility index (Phi) is 6.53. The van der Waals surface area contributed by atoms with Crippen LogP contribution >= 0.6 is 0 Å². The zero-order valence-electron chi connectivity index (χ0n) is 15.8. The number of amides is 1. The van der Waals surface area contributed by atoms with E-state index < -0.39 is 10.0 Å². The van der Waals surface area contributed by atoms with E-state index in [2.05, 4.69) is 4.72 Å². The molecule has 8 heteroatoms. The molecule has 1 amide bonds. The minimum Gasteiger partial charge on any atom is -0.490 e. The molecule has 0 bridgehead atoms. The third kappa shape index (κ3) is 5.24. The second kappa shape index (κ2) is 9.07. The van der Waals surface area contributed by atoms with Crippen molar-refractivity contribution in [1.29, 1.82) is 0 Å². The molecule has 28 heavy (non-hydrogen) atoms. The average molecular weight is 404 g/mol. The van der Waals surface area contributed by atoms with Crippen LogP contribution in [0.1, 0.15) is 18.4 Å². The van der Waals surface area contributed by atoms with Crippen LogP contribution in [0.25, 0.3) is 0 Å². The molecular formula is C20H24N2O5S. The Morgan fingerprint density at radius 3 is 2.54 bits per heavy atom.